The molecule has 2 aromatic carbocycles. The van der Waals surface area contributed by atoms with Crippen molar-refractivity contribution >= 4 is 12.1 Å². The molecule has 0 aliphatic rings. The van der Waals surface area contributed by atoms with Crippen LogP contribution in [0.4, 0.5) is 0 Å². The van der Waals surface area contributed by atoms with Crippen molar-refractivity contribution in [1.29, 1.82) is 5.26 Å². The number of rotatable bonds is 7. The van der Waals surface area contributed by atoms with Gasteiger partial charge in [-0.15, -0.1) is 0 Å². The second-order valence-corrected chi connectivity index (χ2v) is 4.81. The second kappa shape index (κ2) is 8.96. The molecule has 0 aliphatic heterocycles. The smallest absolute Gasteiger partial charge is 0.254 e. The summed E-state index contributed by atoms with van der Waals surface area (Å²) in [4.78, 5) is 11.1. The Morgan fingerprint density at radius 3 is 2.75 bits per heavy atom. The quantitative estimate of drug-likeness (QED) is 0.627. The molecule has 0 unspecified atom stereocenters. The van der Waals surface area contributed by atoms with E-state index in [2.05, 4.69) is 10.5 Å². The lowest BCUT2D eigenvalue weighted by molar-refractivity contribution is -0.120. The lowest BCUT2D eigenvalue weighted by atomic mass is 10.2. The molecule has 2 rings (SSSR count). The van der Waals surface area contributed by atoms with Gasteiger partial charge in [0.25, 0.3) is 5.91 Å². The maximum absolute atomic E-state index is 11.1. The normalized spacial score (nSPS) is 10.2. The Bertz CT molecular complexity index is 752. The number of benzene rings is 2. The van der Waals surface area contributed by atoms with Crippen molar-refractivity contribution in [1.82, 2.24) is 5.43 Å². The van der Waals surface area contributed by atoms with Gasteiger partial charge in [0, 0.05) is 0 Å². The summed E-state index contributed by atoms with van der Waals surface area (Å²) in [5, 5.41) is 12.2. The maximum Gasteiger partial charge on any atom is 0.254 e. The van der Waals surface area contributed by atoms with Crippen LogP contribution in [0.3, 0.4) is 0 Å². The molecular weight excluding hydrogens is 306 g/mol. The summed E-state index contributed by atoms with van der Waals surface area (Å²) in [7, 11) is 1.56. The number of carbonyl (C=O) groups is 1. The molecule has 2 aromatic rings. The van der Waals surface area contributed by atoms with Crippen molar-refractivity contribution in [2.45, 2.75) is 13.0 Å². The third-order valence-corrected chi connectivity index (χ3v) is 3.07. The molecule has 0 radical (unpaired) electrons. The SMILES string of the molecule is COc1cc(/C=N\NC(=O)CC#N)ccc1OCc1ccccc1. The lowest BCUT2D eigenvalue weighted by Gasteiger charge is -2.11. The van der Waals surface area contributed by atoms with Gasteiger partial charge in [0.2, 0.25) is 0 Å². The number of nitrogens with zero attached hydrogens (tertiary/aromatic N) is 2. The van der Waals surface area contributed by atoms with E-state index >= 15 is 0 Å². The zero-order valence-corrected chi connectivity index (χ0v) is 13.2. The number of hydrazone groups is 1. The van der Waals surface area contributed by atoms with Crippen LogP contribution in [0.5, 0.6) is 11.5 Å². The maximum atomic E-state index is 11.1. The van der Waals surface area contributed by atoms with E-state index in [1.807, 2.05) is 30.3 Å². The van der Waals surface area contributed by atoms with Gasteiger partial charge in [0.05, 0.1) is 19.4 Å². The molecular formula is C18H17N3O3. The summed E-state index contributed by atoms with van der Waals surface area (Å²) >= 11 is 0. The Morgan fingerprint density at radius 2 is 2.04 bits per heavy atom. The van der Waals surface area contributed by atoms with E-state index in [1.54, 1.807) is 31.4 Å². The molecule has 24 heavy (non-hydrogen) atoms. The molecule has 0 saturated heterocycles. The van der Waals surface area contributed by atoms with Gasteiger partial charge in [0.15, 0.2) is 11.5 Å². The molecule has 0 spiro atoms. The standard InChI is InChI=1S/C18H17N3O3/c1-23-17-11-15(12-20-21-18(22)9-10-19)7-8-16(17)24-13-14-5-3-2-4-6-14/h2-8,11-12H,9,13H2,1H3,(H,21,22)/b20-12-. The van der Waals surface area contributed by atoms with E-state index in [4.69, 9.17) is 14.7 Å². The predicted octanol–water partition coefficient (Wildman–Crippen LogP) is 2.64. The van der Waals surface area contributed by atoms with Gasteiger partial charge in [0.1, 0.15) is 13.0 Å². The van der Waals surface area contributed by atoms with E-state index in [0.717, 1.165) is 11.1 Å². The highest BCUT2D eigenvalue weighted by atomic mass is 16.5. The third-order valence-electron chi connectivity index (χ3n) is 3.07. The third kappa shape index (κ3) is 5.14. The number of methoxy groups -OCH3 is 1. The van der Waals surface area contributed by atoms with E-state index in [1.165, 1.54) is 6.21 Å². The molecule has 122 valence electrons. The number of nitriles is 1. The zero-order chi connectivity index (χ0) is 17.2. The van der Waals surface area contributed by atoms with Crippen molar-refractivity contribution in [2.75, 3.05) is 7.11 Å². The van der Waals surface area contributed by atoms with Gasteiger partial charge in [-0.3, -0.25) is 4.79 Å². The first-order chi connectivity index (χ1) is 11.7. The lowest BCUT2D eigenvalue weighted by Crippen LogP contribution is -2.16. The van der Waals surface area contributed by atoms with Gasteiger partial charge < -0.3 is 9.47 Å². The molecule has 0 heterocycles. The Labute approximate surface area is 140 Å². The van der Waals surface area contributed by atoms with Crippen LogP contribution >= 0.6 is 0 Å². The molecule has 0 fully saturated rings. The average Bonchev–Trinajstić information content (AvgIpc) is 2.61. The number of hydrogen-bond acceptors (Lipinski definition) is 5. The first-order valence-corrected chi connectivity index (χ1v) is 7.26. The first-order valence-electron chi connectivity index (χ1n) is 7.26. The van der Waals surface area contributed by atoms with Crippen molar-refractivity contribution in [3.63, 3.8) is 0 Å². The van der Waals surface area contributed by atoms with Crippen LogP contribution < -0.4 is 14.9 Å². The van der Waals surface area contributed by atoms with E-state index in [9.17, 15) is 4.79 Å². The van der Waals surface area contributed by atoms with Crippen LogP contribution in [0, 0.1) is 11.3 Å². The van der Waals surface area contributed by atoms with E-state index in [-0.39, 0.29) is 6.42 Å². The summed E-state index contributed by atoms with van der Waals surface area (Å²) in [6.07, 6.45) is 1.24. The summed E-state index contributed by atoms with van der Waals surface area (Å²) in [5.74, 6) is 0.730. The molecule has 0 atom stereocenters. The van der Waals surface area contributed by atoms with Crippen LogP contribution in [-0.2, 0) is 11.4 Å². The fraction of sp³-hybridized carbons (Fsp3) is 0.167. The molecule has 6 heteroatoms. The zero-order valence-electron chi connectivity index (χ0n) is 13.2. The molecule has 0 aliphatic carbocycles. The van der Waals surface area contributed by atoms with Crippen molar-refractivity contribution in [3.05, 3.63) is 59.7 Å². The van der Waals surface area contributed by atoms with E-state index in [0.29, 0.717) is 18.1 Å². The largest absolute Gasteiger partial charge is 0.493 e. The fourth-order valence-electron chi connectivity index (χ4n) is 1.91. The van der Waals surface area contributed by atoms with Crippen LogP contribution in [0.15, 0.2) is 53.6 Å². The van der Waals surface area contributed by atoms with E-state index < -0.39 is 5.91 Å². The summed E-state index contributed by atoms with van der Waals surface area (Å²) in [6, 6.07) is 16.9. The number of ether oxygens (including phenoxy) is 2. The van der Waals surface area contributed by atoms with Crippen LogP contribution in [0.25, 0.3) is 0 Å². The van der Waals surface area contributed by atoms with Crippen LogP contribution in [-0.4, -0.2) is 19.2 Å². The molecule has 0 aromatic heterocycles. The minimum Gasteiger partial charge on any atom is -0.493 e. The molecule has 0 saturated carbocycles. The van der Waals surface area contributed by atoms with Gasteiger partial charge in [-0.25, -0.2) is 5.43 Å². The van der Waals surface area contributed by atoms with Crippen molar-refractivity contribution in [2.24, 2.45) is 5.10 Å². The monoisotopic (exact) mass is 323 g/mol. The molecule has 0 bridgehead atoms. The van der Waals surface area contributed by atoms with Gasteiger partial charge in [-0.05, 0) is 29.3 Å². The predicted molar refractivity (Wildman–Crippen MR) is 89.7 cm³/mol. The van der Waals surface area contributed by atoms with Gasteiger partial charge >= 0.3 is 0 Å². The Balaban J connectivity index is 2.00. The molecule has 6 nitrogen and oxygen atoms in total. The minimum absolute atomic E-state index is 0.229. The molecule has 1 amide bonds. The highest BCUT2D eigenvalue weighted by molar-refractivity contribution is 5.83. The van der Waals surface area contributed by atoms with Crippen molar-refractivity contribution in [3.8, 4) is 17.6 Å². The first kappa shape index (κ1) is 17.0. The number of carbonyl (C=O) groups excluding carboxylic acids is 1. The van der Waals surface area contributed by atoms with Gasteiger partial charge in [-0.2, -0.15) is 10.4 Å². The number of amides is 1. The molecule has 1 N–H and O–H groups in total. The fourth-order valence-corrected chi connectivity index (χ4v) is 1.91. The topological polar surface area (TPSA) is 83.7 Å². The highest BCUT2D eigenvalue weighted by Crippen LogP contribution is 2.28. The minimum atomic E-state index is -0.455. The highest BCUT2D eigenvalue weighted by Gasteiger charge is 2.05. The Kier molecular flexibility index (Phi) is 6.35. The Morgan fingerprint density at radius 1 is 1.25 bits per heavy atom. The van der Waals surface area contributed by atoms with Crippen LogP contribution in [0.1, 0.15) is 17.5 Å². The Hall–Kier alpha value is -3.33. The summed E-state index contributed by atoms with van der Waals surface area (Å²) in [5.41, 5.74) is 4.06. The summed E-state index contributed by atoms with van der Waals surface area (Å²) in [6.45, 7) is 0.439. The average molecular weight is 323 g/mol. The number of nitrogens with one attached hydrogen (secondary N) is 1. The van der Waals surface area contributed by atoms with Gasteiger partial charge in [-0.1, -0.05) is 30.3 Å². The summed E-state index contributed by atoms with van der Waals surface area (Å²) < 4.78 is 11.1. The number of hydrogen-bond donors (Lipinski definition) is 1. The second-order valence-electron chi connectivity index (χ2n) is 4.81. The van der Waals surface area contributed by atoms with Crippen molar-refractivity contribution < 1.29 is 14.3 Å². The van der Waals surface area contributed by atoms with Crippen LogP contribution in [0.2, 0.25) is 0 Å².